The number of amides is 1. The maximum absolute atomic E-state index is 14.4. The normalized spacial score (nSPS) is 14.1. The molecular formula is C20H25FN4O. The summed E-state index contributed by atoms with van der Waals surface area (Å²) in [6, 6.07) is 6.43. The Morgan fingerprint density at radius 1 is 1.27 bits per heavy atom. The van der Waals surface area contributed by atoms with Gasteiger partial charge in [0.15, 0.2) is 0 Å². The number of aromatic nitrogens is 2. The highest BCUT2D eigenvalue weighted by molar-refractivity contribution is 5.99. The second-order valence-electron chi connectivity index (χ2n) is 7.19. The van der Waals surface area contributed by atoms with Crippen LogP contribution in [-0.2, 0) is 0 Å². The SMILES string of the molecule is CC(C)CN(C)C(=O)c1cnc(N2CCCC2)nc1-c1ccccc1F. The van der Waals surface area contributed by atoms with Gasteiger partial charge in [0.1, 0.15) is 5.82 Å². The van der Waals surface area contributed by atoms with Crippen molar-refractivity contribution >= 4 is 11.9 Å². The summed E-state index contributed by atoms with van der Waals surface area (Å²) in [5, 5.41) is 0. The molecule has 1 aliphatic rings. The van der Waals surface area contributed by atoms with Crippen molar-refractivity contribution in [1.82, 2.24) is 14.9 Å². The van der Waals surface area contributed by atoms with Gasteiger partial charge in [0.2, 0.25) is 5.95 Å². The summed E-state index contributed by atoms with van der Waals surface area (Å²) < 4.78 is 14.4. The van der Waals surface area contributed by atoms with Crippen LogP contribution in [0, 0.1) is 11.7 Å². The molecule has 1 amide bonds. The van der Waals surface area contributed by atoms with E-state index in [9.17, 15) is 9.18 Å². The summed E-state index contributed by atoms with van der Waals surface area (Å²) in [4.78, 5) is 25.6. The van der Waals surface area contributed by atoms with Gasteiger partial charge in [-0.3, -0.25) is 4.79 Å². The zero-order chi connectivity index (χ0) is 18.7. The van der Waals surface area contributed by atoms with Gasteiger partial charge in [-0.1, -0.05) is 26.0 Å². The number of carbonyl (C=O) groups is 1. The second-order valence-corrected chi connectivity index (χ2v) is 7.19. The zero-order valence-corrected chi connectivity index (χ0v) is 15.6. The third-order valence-electron chi connectivity index (χ3n) is 4.51. The van der Waals surface area contributed by atoms with Gasteiger partial charge in [0, 0.05) is 38.4 Å². The molecule has 0 bridgehead atoms. The van der Waals surface area contributed by atoms with Crippen LogP contribution in [0.2, 0.25) is 0 Å². The van der Waals surface area contributed by atoms with E-state index >= 15 is 0 Å². The highest BCUT2D eigenvalue weighted by Crippen LogP contribution is 2.28. The summed E-state index contributed by atoms with van der Waals surface area (Å²) in [7, 11) is 1.75. The monoisotopic (exact) mass is 356 g/mol. The van der Waals surface area contributed by atoms with Crippen LogP contribution in [0.15, 0.2) is 30.5 Å². The average molecular weight is 356 g/mol. The topological polar surface area (TPSA) is 49.3 Å². The molecule has 0 unspecified atom stereocenters. The number of benzene rings is 1. The minimum atomic E-state index is -0.390. The quantitative estimate of drug-likeness (QED) is 0.821. The Labute approximate surface area is 153 Å². The average Bonchev–Trinajstić information content (AvgIpc) is 3.15. The minimum Gasteiger partial charge on any atom is -0.341 e. The predicted octanol–water partition coefficient (Wildman–Crippen LogP) is 3.61. The molecule has 0 saturated carbocycles. The molecule has 2 heterocycles. The largest absolute Gasteiger partial charge is 0.341 e. The van der Waals surface area contributed by atoms with E-state index in [1.807, 2.05) is 0 Å². The lowest BCUT2D eigenvalue weighted by atomic mass is 10.1. The van der Waals surface area contributed by atoms with Crippen molar-refractivity contribution in [1.29, 1.82) is 0 Å². The summed E-state index contributed by atoms with van der Waals surface area (Å²) in [5.74, 6) is 0.318. The fourth-order valence-electron chi connectivity index (χ4n) is 3.29. The van der Waals surface area contributed by atoms with Crippen LogP contribution in [0.4, 0.5) is 10.3 Å². The summed E-state index contributed by atoms with van der Waals surface area (Å²) >= 11 is 0. The van der Waals surface area contributed by atoms with Crippen molar-refractivity contribution in [2.24, 2.45) is 5.92 Å². The molecular weight excluding hydrogens is 331 g/mol. The first kappa shape index (κ1) is 18.3. The Bertz CT molecular complexity index is 787. The predicted molar refractivity (Wildman–Crippen MR) is 101 cm³/mol. The molecule has 0 aliphatic carbocycles. The van der Waals surface area contributed by atoms with E-state index in [4.69, 9.17) is 0 Å². The van der Waals surface area contributed by atoms with Crippen LogP contribution >= 0.6 is 0 Å². The fraction of sp³-hybridized carbons (Fsp3) is 0.450. The number of hydrogen-bond acceptors (Lipinski definition) is 4. The van der Waals surface area contributed by atoms with Crippen LogP contribution in [0.1, 0.15) is 37.0 Å². The van der Waals surface area contributed by atoms with Crippen molar-refractivity contribution in [2.45, 2.75) is 26.7 Å². The van der Waals surface area contributed by atoms with Crippen LogP contribution in [-0.4, -0.2) is 47.5 Å². The number of anilines is 1. The molecule has 138 valence electrons. The van der Waals surface area contributed by atoms with E-state index in [1.54, 1.807) is 36.3 Å². The number of hydrogen-bond donors (Lipinski definition) is 0. The molecule has 1 aromatic carbocycles. The molecule has 1 aliphatic heterocycles. The number of rotatable bonds is 5. The van der Waals surface area contributed by atoms with Gasteiger partial charge in [0.25, 0.3) is 5.91 Å². The van der Waals surface area contributed by atoms with Crippen LogP contribution in [0.5, 0.6) is 0 Å². The Morgan fingerprint density at radius 2 is 1.96 bits per heavy atom. The van der Waals surface area contributed by atoms with Gasteiger partial charge in [-0.05, 0) is 30.9 Å². The molecule has 0 N–H and O–H groups in total. The van der Waals surface area contributed by atoms with E-state index in [-0.39, 0.29) is 11.7 Å². The third kappa shape index (κ3) is 3.84. The van der Waals surface area contributed by atoms with Gasteiger partial charge in [-0.2, -0.15) is 0 Å². The molecule has 1 saturated heterocycles. The lowest BCUT2D eigenvalue weighted by Crippen LogP contribution is -2.31. The van der Waals surface area contributed by atoms with Gasteiger partial charge >= 0.3 is 0 Å². The van der Waals surface area contributed by atoms with Crippen molar-refractivity contribution in [3.8, 4) is 11.3 Å². The van der Waals surface area contributed by atoms with E-state index in [0.717, 1.165) is 25.9 Å². The molecule has 0 atom stereocenters. The van der Waals surface area contributed by atoms with E-state index in [0.29, 0.717) is 35.2 Å². The molecule has 5 nitrogen and oxygen atoms in total. The maximum Gasteiger partial charge on any atom is 0.257 e. The van der Waals surface area contributed by atoms with E-state index in [1.165, 1.54) is 6.07 Å². The molecule has 26 heavy (non-hydrogen) atoms. The summed E-state index contributed by atoms with van der Waals surface area (Å²) in [6.07, 6.45) is 3.73. The van der Waals surface area contributed by atoms with Gasteiger partial charge in [0.05, 0.1) is 11.3 Å². The van der Waals surface area contributed by atoms with Crippen molar-refractivity contribution in [3.05, 3.63) is 41.8 Å². The number of carbonyl (C=O) groups excluding carboxylic acids is 1. The standard InChI is InChI=1S/C20H25FN4O/c1-14(2)13-24(3)19(26)16-12-22-20(25-10-6-7-11-25)23-18(16)15-8-4-5-9-17(15)21/h4-5,8-9,12,14H,6-7,10-11,13H2,1-3H3. The smallest absolute Gasteiger partial charge is 0.257 e. The number of nitrogens with zero attached hydrogens (tertiary/aromatic N) is 4. The Kier molecular flexibility index (Phi) is 5.49. The first-order valence-electron chi connectivity index (χ1n) is 9.09. The van der Waals surface area contributed by atoms with Crippen LogP contribution in [0.3, 0.4) is 0 Å². The first-order chi connectivity index (χ1) is 12.5. The lowest BCUT2D eigenvalue weighted by Gasteiger charge is -2.22. The Hall–Kier alpha value is -2.50. The van der Waals surface area contributed by atoms with Crippen molar-refractivity contribution in [2.75, 3.05) is 31.6 Å². The summed E-state index contributed by atoms with van der Waals surface area (Å²) in [6.45, 7) is 6.49. The highest BCUT2D eigenvalue weighted by atomic mass is 19.1. The highest BCUT2D eigenvalue weighted by Gasteiger charge is 2.24. The Balaban J connectivity index is 2.05. The molecule has 2 aromatic rings. The van der Waals surface area contributed by atoms with Gasteiger partial charge in [-0.15, -0.1) is 0 Å². The molecule has 3 rings (SSSR count). The van der Waals surface area contributed by atoms with Crippen molar-refractivity contribution < 1.29 is 9.18 Å². The van der Waals surface area contributed by atoms with Crippen LogP contribution < -0.4 is 4.90 Å². The Morgan fingerprint density at radius 3 is 2.62 bits per heavy atom. The fourth-order valence-corrected chi connectivity index (χ4v) is 3.29. The zero-order valence-electron chi connectivity index (χ0n) is 15.6. The second kappa shape index (κ2) is 7.81. The van der Waals surface area contributed by atoms with Crippen LogP contribution in [0.25, 0.3) is 11.3 Å². The van der Waals surface area contributed by atoms with E-state index < -0.39 is 0 Å². The van der Waals surface area contributed by atoms with E-state index in [2.05, 4.69) is 28.7 Å². The summed E-state index contributed by atoms with van der Waals surface area (Å²) in [5.41, 5.74) is 1.03. The first-order valence-corrected chi connectivity index (χ1v) is 9.09. The minimum absolute atomic E-state index is 0.190. The molecule has 0 radical (unpaired) electrons. The molecule has 1 aromatic heterocycles. The lowest BCUT2D eigenvalue weighted by molar-refractivity contribution is 0.0779. The molecule has 1 fully saturated rings. The van der Waals surface area contributed by atoms with Gasteiger partial charge < -0.3 is 9.80 Å². The molecule has 6 heteroatoms. The third-order valence-corrected chi connectivity index (χ3v) is 4.51. The van der Waals surface area contributed by atoms with Crippen molar-refractivity contribution in [3.63, 3.8) is 0 Å². The molecule has 0 spiro atoms. The maximum atomic E-state index is 14.4. The van der Waals surface area contributed by atoms with Gasteiger partial charge in [-0.25, -0.2) is 14.4 Å². The number of halogens is 1.